The first-order valence-corrected chi connectivity index (χ1v) is 7.84. The first-order chi connectivity index (χ1) is 11.8. The van der Waals surface area contributed by atoms with E-state index >= 15 is 0 Å². The van der Waals surface area contributed by atoms with Crippen LogP contribution in [-0.2, 0) is 0 Å². The molecule has 0 fully saturated rings. The maximum atomic E-state index is 13.1. The fourth-order valence-corrected chi connectivity index (χ4v) is 3.00. The molecule has 1 aliphatic heterocycles. The minimum Gasteiger partial charge on any atom is -0.490 e. The monoisotopic (exact) mass is 341 g/mol. The highest BCUT2D eigenvalue weighted by molar-refractivity contribution is 6.09. The zero-order valence-electron chi connectivity index (χ0n) is 14.3. The second kappa shape index (κ2) is 6.08. The van der Waals surface area contributed by atoms with Crippen LogP contribution in [0.3, 0.4) is 0 Å². The molecule has 7 nitrogen and oxygen atoms in total. The van der Waals surface area contributed by atoms with Crippen molar-refractivity contribution in [3.05, 3.63) is 58.1 Å². The Bertz CT molecular complexity index is 848. The number of benzene rings is 2. The predicted octanol–water partition coefficient (Wildman–Crippen LogP) is 3.45. The highest BCUT2D eigenvalue weighted by atomic mass is 16.6. The summed E-state index contributed by atoms with van der Waals surface area (Å²) in [5.74, 6) is -0.159. The lowest BCUT2D eigenvalue weighted by molar-refractivity contribution is -0.385. The van der Waals surface area contributed by atoms with Gasteiger partial charge in [-0.05, 0) is 32.0 Å². The van der Waals surface area contributed by atoms with E-state index in [4.69, 9.17) is 4.74 Å². The molecule has 2 aromatic carbocycles. The molecule has 0 unspecified atom stereocenters. The van der Waals surface area contributed by atoms with Crippen molar-refractivity contribution in [1.82, 2.24) is 0 Å². The van der Waals surface area contributed by atoms with E-state index in [1.165, 1.54) is 25.3 Å². The van der Waals surface area contributed by atoms with Gasteiger partial charge in [-0.15, -0.1) is 0 Å². The minimum absolute atomic E-state index is 0.0681. The van der Waals surface area contributed by atoms with Crippen molar-refractivity contribution in [3.8, 4) is 5.75 Å². The second-order valence-electron chi connectivity index (χ2n) is 6.56. The van der Waals surface area contributed by atoms with Crippen molar-refractivity contribution in [3.63, 3.8) is 0 Å². The first kappa shape index (κ1) is 16.8. The molecule has 130 valence electrons. The Morgan fingerprint density at radius 2 is 2.00 bits per heavy atom. The first-order valence-electron chi connectivity index (χ1n) is 7.84. The van der Waals surface area contributed by atoms with E-state index in [0.29, 0.717) is 12.1 Å². The summed E-state index contributed by atoms with van der Waals surface area (Å²) in [7, 11) is 1.35. The molecular formula is C18H19N3O4. The SMILES string of the molecule is COc1cc(C(=O)N2CC(C)(C)Nc3ccccc32)ccc1[N+](=O)[O-]. The molecule has 1 heterocycles. The second-order valence-corrected chi connectivity index (χ2v) is 6.56. The molecule has 0 atom stereocenters. The van der Waals surface area contributed by atoms with Gasteiger partial charge in [0, 0.05) is 29.8 Å². The summed E-state index contributed by atoms with van der Waals surface area (Å²) < 4.78 is 5.07. The van der Waals surface area contributed by atoms with Gasteiger partial charge in [-0.25, -0.2) is 0 Å². The summed E-state index contributed by atoms with van der Waals surface area (Å²) in [6, 6.07) is 11.7. The average molecular weight is 341 g/mol. The summed E-state index contributed by atoms with van der Waals surface area (Å²) >= 11 is 0. The van der Waals surface area contributed by atoms with E-state index < -0.39 is 4.92 Å². The summed E-state index contributed by atoms with van der Waals surface area (Å²) in [6.07, 6.45) is 0. The van der Waals surface area contributed by atoms with E-state index in [1.54, 1.807) is 4.90 Å². The van der Waals surface area contributed by atoms with Crippen molar-refractivity contribution < 1.29 is 14.5 Å². The van der Waals surface area contributed by atoms with Crippen LogP contribution in [0.4, 0.5) is 17.1 Å². The fraction of sp³-hybridized carbons (Fsp3) is 0.278. The van der Waals surface area contributed by atoms with Crippen molar-refractivity contribution in [1.29, 1.82) is 0 Å². The Labute approximate surface area is 145 Å². The Hall–Kier alpha value is -3.09. The molecule has 0 saturated heterocycles. The number of methoxy groups -OCH3 is 1. The van der Waals surface area contributed by atoms with Crippen LogP contribution in [0.1, 0.15) is 24.2 Å². The summed E-state index contributed by atoms with van der Waals surface area (Å²) in [5, 5.41) is 14.4. The lowest BCUT2D eigenvalue weighted by Gasteiger charge is -2.40. The lowest BCUT2D eigenvalue weighted by Crippen LogP contribution is -2.50. The van der Waals surface area contributed by atoms with Crippen molar-refractivity contribution in [2.75, 3.05) is 23.9 Å². The van der Waals surface area contributed by atoms with Crippen LogP contribution in [-0.4, -0.2) is 30.0 Å². The molecule has 1 N–H and O–H groups in total. The maximum absolute atomic E-state index is 13.1. The number of carbonyl (C=O) groups excluding carboxylic acids is 1. The zero-order valence-corrected chi connectivity index (χ0v) is 14.3. The van der Waals surface area contributed by atoms with Gasteiger partial charge in [0.2, 0.25) is 0 Å². The Kier molecular flexibility index (Phi) is 4.08. The number of carbonyl (C=O) groups is 1. The third-order valence-corrected chi connectivity index (χ3v) is 4.09. The van der Waals surface area contributed by atoms with E-state index in [1.807, 2.05) is 38.1 Å². The number of hydrogen-bond donors (Lipinski definition) is 1. The van der Waals surface area contributed by atoms with Gasteiger partial charge >= 0.3 is 5.69 Å². The van der Waals surface area contributed by atoms with Crippen molar-refractivity contribution in [2.24, 2.45) is 0 Å². The van der Waals surface area contributed by atoms with Crippen LogP contribution in [0.25, 0.3) is 0 Å². The van der Waals surface area contributed by atoms with Gasteiger partial charge in [0.25, 0.3) is 5.91 Å². The fourth-order valence-electron chi connectivity index (χ4n) is 3.00. The van der Waals surface area contributed by atoms with Crippen molar-refractivity contribution >= 4 is 23.0 Å². The molecule has 0 aliphatic carbocycles. The summed E-state index contributed by atoms with van der Waals surface area (Å²) in [5.41, 5.74) is 1.54. The van der Waals surface area contributed by atoms with Gasteiger partial charge in [0.15, 0.2) is 5.75 Å². The molecule has 1 amide bonds. The van der Waals surface area contributed by atoms with Gasteiger partial charge < -0.3 is 15.0 Å². The molecule has 7 heteroatoms. The summed E-state index contributed by atoms with van der Waals surface area (Å²) in [6.45, 7) is 4.50. The smallest absolute Gasteiger partial charge is 0.310 e. The third kappa shape index (κ3) is 3.13. The molecule has 0 radical (unpaired) electrons. The Morgan fingerprint density at radius 1 is 1.28 bits per heavy atom. The molecule has 2 aromatic rings. The molecule has 0 spiro atoms. The normalized spacial score (nSPS) is 15.1. The molecule has 25 heavy (non-hydrogen) atoms. The average Bonchev–Trinajstić information content (AvgIpc) is 2.58. The van der Waals surface area contributed by atoms with Gasteiger partial charge in [-0.3, -0.25) is 14.9 Å². The van der Waals surface area contributed by atoms with E-state index in [9.17, 15) is 14.9 Å². The molecule has 0 bridgehead atoms. The number of nitrogens with one attached hydrogen (secondary N) is 1. The molecule has 1 aliphatic rings. The zero-order chi connectivity index (χ0) is 18.2. The number of ether oxygens (including phenoxy) is 1. The van der Waals surface area contributed by atoms with Crippen LogP contribution < -0.4 is 15.0 Å². The minimum atomic E-state index is -0.531. The molecule has 0 saturated carbocycles. The van der Waals surface area contributed by atoms with Gasteiger partial charge in [-0.2, -0.15) is 0 Å². The number of para-hydroxylation sites is 2. The molecule has 3 rings (SSSR count). The van der Waals surface area contributed by atoms with Crippen LogP contribution in [0.15, 0.2) is 42.5 Å². The predicted molar refractivity (Wildman–Crippen MR) is 95.5 cm³/mol. The number of fused-ring (bicyclic) bond motifs is 1. The number of rotatable bonds is 3. The number of hydrogen-bond acceptors (Lipinski definition) is 5. The standard InChI is InChI=1S/C18H19N3O4/c1-18(2)11-20(14-7-5-4-6-13(14)19-18)17(22)12-8-9-15(21(23)24)16(10-12)25-3/h4-10,19H,11H2,1-3H3. The number of nitro benzene ring substituents is 1. The van der Waals surface area contributed by atoms with Crippen molar-refractivity contribution in [2.45, 2.75) is 19.4 Å². The Morgan fingerprint density at radius 3 is 2.68 bits per heavy atom. The van der Waals surface area contributed by atoms with Crippen LogP contribution in [0, 0.1) is 10.1 Å². The topological polar surface area (TPSA) is 84.7 Å². The largest absolute Gasteiger partial charge is 0.490 e. The number of nitrogens with zero attached hydrogens (tertiary/aromatic N) is 2. The van der Waals surface area contributed by atoms with Crippen LogP contribution >= 0.6 is 0 Å². The van der Waals surface area contributed by atoms with E-state index in [0.717, 1.165) is 11.4 Å². The number of anilines is 2. The van der Waals surface area contributed by atoms with E-state index in [-0.39, 0.29) is 22.9 Å². The Balaban J connectivity index is 2.02. The highest BCUT2D eigenvalue weighted by Gasteiger charge is 2.33. The van der Waals surface area contributed by atoms with Crippen LogP contribution in [0.5, 0.6) is 5.75 Å². The lowest BCUT2D eigenvalue weighted by atomic mass is 9.98. The number of amides is 1. The number of nitro groups is 1. The summed E-state index contributed by atoms with van der Waals surface area (Å²) in [4.78, 5) is 25.3. The third-order valence-electron chi connectivity index (χ3n) is 4.09. The maximum Gasteiger partial charge on any atom is 0.310 e. The van der Waals surface area contributed by atoms with Gasteiger partial charge in [0.05, 0.1) is 23.4 Å². The highest BCUT2D eigenvalue weighted by Crippen LogP contribution is 2.36. The molecule has 0 aromatic heterocycles. The van der Waals surface area contributed by atoms with Gasteiger partial charge in [-0.1, -0.05) is 12.1 Å². The van der Waals surface area contributed by atoms with Gasteiger partial charge in [0.1, 0.15) is 0 Å². The van der Waals surface area contributed by atoms with E-state index in [2.05, 4.69) is 5.32 Å². The van der Waals surface area contributed by atoms with Crippen LogP contribution in [0.2, 0.25) is 0 Å². The molecular weight excluding hydrogens is 322 g/mol. The quantitative estimate of drug-likeness (QED) is 0.683.